The van der Waals surface area contributed by atoms with Crippen LogP contribution in [0.2, 0.25) is 0 Å². The predicted octanol–water partition coefficient (Wildman–Crippen LogP) is 3.27. The van der Waals surface area contributed by atoms with Gasteiger partial charge in [0.15, 0.2) is 0 Å². The van der Waals surface area contributed by atoms with Crippen molar-refractivity contribution < 1.29 is 0 Å². The summed E-state index contributed by atoms with van der Waals surface area (Å²) in [6, 6.07) is 13.2. The van der Waals surface area contributed by atoms with E-state index in [2.05, 4.69) is 48.3 Å². The van der Waals surface area contributed by atoms with E-state index in [-0.39, 0.29) is 0 Å². The first-order chi connectivity index (χ1) is 7.83. The largest absolute Gasteiger partial charge is 0.262 e. The topological polar surface area (TPSA) is 12.9 Å². The molecule has 0 aliphatic heterocycles. The molecular formula is C15H15N. The zero-order valence-electron chi connectivity index (χ0n) is 9.48. The van der Waals surface area contributed by atoms with Gasteiger partial charge in [-0.1, -0.05) is 24.3 Å². The molecule has 0 N–H and O–H groups in total. The van der Waals surface area contributed by atoms with E-state index in [1.54, 1.807) is 0 Å². The molecule has 0 saturated carbocycles. The average Bonchev–Trinajstić information content (AvgIpc) is 2.72. The Bertz CT molecular complexity index is 491. The van der Waals surface area contributed by atoms with Crippen molar-refractivity contribution in [1.29, 1.82) is 0 Å². The maximum absolute atomic E-state index is 4.26. The summed E-state index contributed by atoms with van der Waals surface area (Å²) < 4.78 is 0. The summed E-state index contributed by atoms with van der Waals surface area (Å²) >= 11 is 0. The van der Waals surface area contributed by atoms with Gasteiger partial charge in [-0.2, -0.15) is 0 Å². The number of pyridine rings is 1. The van der Waals surface area contributed by atoms with E-state index < -0.39 is 0 Å². The SMILES string of the molecule is Cc1cc(C2Cc3ccccc3C2)ccn1. The quantitative estimate of drug-likeness (QED) is 0.702. The van der Waals surface area contributed by atoms with Gasteiger partial charge < -0.3 is 0 Å². The molecule has 0 unspecified atom stereocenters. The van der Waals surface area contributed by atoms with Crippen molar-refractivity contribution in [1.82, 2.24) is 4.98 Å². The fraction of sp³-hybridized carbons (Fsp3) is 0.267. The van der Waals surface area contributed by atoms with Crippen LogP contribution in [0.1, 0.15) is 28.3 Å². The first-order valence-corrected chi connectivity index (χ1v) is 5.82. The van der Waals surface area contributed by atoms with Crippen LogP contribution in [-0.4, -0.2) is 4.98 Å². The van der Waals surface area contributed by atoms with Gasteiger partial charge in [0.25, 0.3) is 0 Å². The van der Waals surface area contributed by atoms with E-state index in [1.165, 1.54) is 29.5 Å². The van der Waals surface area contributed by atoms with Gasteiger partial charge in [-0.25, -0.2) is 0 Å². The van der Waals surface area contributed by atoms with E-state index >= 15 is 0 Å². The second kappa shape index (κ2) is 3.75. The van der Waals surface area contributed by atoms with E-state index in [9.17, 15) is 0 Å². The minimum Gasteiger partial charge on any atom is -0.262 e. The maximum atomic E-state index is 4.26. The Morgan fingerprint density at radius 1 is 1.06 bits per heavy atom. The van der Waals surface area contributed by atoms with Gasteiger partial charge in [0.05, 0.1) is 0 Å². The highest BCUT2D eigenvalue weighted by Crippen LogP contribution is 2.33. The summed E-state index contributed by atoms with van der Waals surface area (Å²) in [7, 11) is 0. The van der Waals surface area contributed by atoms with Crippen molar-refractivity contribution in [3.63, 3.8) is 0 Å². The summed E-state index contributed by atoms with van der Waals surface area (Å²) in [5.74, 6) is 0.652. The highest BCUT2D eigenvalue weighted by atomic mass is 14.6. The summed E-state index contributed by atoms with van der Waals surface area (Å²) in [4.78, 5) is 4.26. The zero-order chi connectivity index (χ0) is 11.0. The summed E-state index contributed by atoms with van der Waals surface area (Å²) in [6.07, 6.45) is 4.28. The Balaban J connectivity index is 1.91. The van der Waals surface area contributed by atoms with Crippen LogP contribution < -0.4 is 0 Å². The van der Waals surface area contributed by atoms with Crippen LogP contribution in [0, 0.1) is 6.92 Å². The lowest BCUT2D eigenvalue weighted by Crippen LogP contribution is -1.98. The Kier molecular flexibility index (Phi) is 2.24. The van der Waals surface area contributed by atoms with Gasteiger partial charge in [-0.3, -0.25) is 4.98 Å². The number of benzene rings is 1. The van der Waals surface area contributed by atoms with Crippen molar-refractivity contribution >= 4 is 0 Å². The Morgan fingerprint density at radius 2 is 1.75 bits per heavy atom. The molecule has 0 spiro atoms. The van der Waals surface area contributed by atoms with Gasteiger partial charge in [-0.15, -0.1) is 0 Å². The normalized spacial score (nSPS) is 15.1. The van der Waals surface area contributed by atoms with Crippen molar-refractivity contribution in [2.75, 3.05) is 0 Å². The third kappa shape index (κ3) is 1.63. The maximum Gasteiger partial charge on any atom is 0.0375 e. The highest BCUT2D eigenvalue weighted by molar-refractivity contribution is 5.37. The highest BCUT2D eigenvalue weighted by Gasteiger charge is 2.22. The molecule has 0 saturated heterocycles. The minimum absolute atomic E-state index is 0.652. The van der Waals surface area contributed by atoms with Crippen molar-refractivity contribution in [2.24, 2.45) is 0 Å². The van der Waals surface area contributed by atoms with E-state index in [4.69, 9.17) is 0 Å². The number of aromatic nitrogens is 1. The first-order valence-electron chi connectivity index (χ1n) is 5.82. The van der Waals surface area contributed by atoms with E-state index in [1.807, 2.05) is 6.20 Å². The van der Waals surface area contributed by atoms with Crippen LogP contribution in [0.15, 0.2) is 42.6 Å². The van der Waals surface area contributed by atoms with Crippen LogP contribution in [0.4, 0.5) is 0 Å². The van der Waals surface area contributed by atoms with Crippen LogP contribution in [0.5, 0.6) is 0 Å². The monoisotopic (exact) mass is 209 g/mol. The number of nitrogens with zero attached hydrogens (tertiary/aromatic N) is 1. The Hall–Kier alpha value is -1.63. The second-order valence-corrected chi connectivity index (χ2v) is 4.60. The number of hydrogen-bond donors (Lipinski definition) is 0. The molecule has 2 aromatic rings. The standard InChI is InChI=1S/C15H15N/c1-11-8-14(6-7-16-11)15-9-12-4-2-3-5-13(12)10-15/h2-8,15H,9-10H2,1H3. The smallest absolute Gasteiger partial charge is 0.0375 e. The average molecular weight is 209 g/mol. The Labute approximate surface area is 96.2 Å². The van der Waals surface area contributed by atoms with E-state index in [0.29, 0.717) is 5.92 Å². The van der Waals surface area contributed by atoms with E-state index in [0.717, 1.165) is 5.69 Å². The van der Waals surface area contributed by atoms with Gasteiger partial charge >= 0.3 is 0 Å². The zero-order valence-corrected chi connectivity index (χ0v) is 9.48. The first kappa shape index (κ1) is 9.59. The van der Waals surface area contributed by atoms with Gasteiger partial charge in [0, 0.05) is 11.9 Å². The van der Waals surface area contributed by atoms with Crippen molar-refractivity contribution in [3.05, 3.63) is 65.0 Å². The lowest BCUT2D eigenvalue weighted by atomic mass is 9.97. The molecular weight excluding hydrogens is 194 g/mol. The van der Waals surface area contributed by atoms with Crippen LogP contribution in [-0.2, 0) is 12.8 Å². The van der Waals surface area contributed by atoms with Crippen molar-refractivity contribution in [3.8, 4) is 0 Å². The van der Waals surface area contributed by atoms with Crippen LogP contribution in [0.25, 0.3) is 0 Å². The molecule has 0 atom stereocenters. The second-order valence-electron chi connectivity index (χ2n) is 4.60. The van der Waals surface area contributed by atoms with Crippen LogP contribution in [0.3, 0.4) is 0 Å². The minimum atomic E-state index is 0.652. The van der Waals surface area contributed by atoms with Gasteiger partial charge in [-0.05, 0) is 54.5 Å². The lowest BCUT2D eigenvalue weighted by molar-refractivity contribution is 0.738. The molecule has 0 bridgehead atoms. The molecule has 0 fully saturated rings. The predicted molar refractivity (Wildman–Crippen MR) is 65.6 cm³/mol. The molecule has 1 heterocycles. The number of aryl methyl sites for hydroxylation is 1. The number of rotatable bonds is 1. The fourth-order valence-corrected chi connectivity index (χ4v) is 2.62. The molecule has 0 radical (unpaired) electrons. The lowest BCUT2D eigenvalue weighted by Gasteiger charge is -2.09. The summed E-state index contributed by atoms with van der Waals surface area (Å²) in [5.41, 5.74) is 5.58. The number of hydrogen-bond acceptors (Lipinski definition) is 1. The molecule has 80 valence electrons. The molecule has 1 nitrogen and oxygen atoms in total. The summed E-state index contributed by atoms with van der Waals surface area (Å²) in [6.45, 7) is 2.06. The molecule has 1 aliphatic carbocycles. The third-order valence-corrected chi connectivity index (χ3v) is 3.44. The molecule has 0 amide bonds. The third-order valence-electron chi connectivity index (χ3n) is 3.44. The molecule has 1 aliphatic rings. The van der Waals surface area contributed by atoms with Crippen LogP contribution >= 0.6 is 0 Å². The molecule has 16 heavy (non-hydrogen) atoms. The molecule has 3 rings (SSSR count). The number of fused-ring (bicyclic) bond motifs is 1. The van der Waals surface area contributed by atoms with Crippen molar-refractivity contribution in [2.45, 2.75) is 25.7 Å². The molecule has 1 heteroatoms. The summed E-state index contributed by atoms with van der Waals surface area (Å²) in [5, 5.41) is 0. The Morgan fingerprint density at radius 3 is 2.38 bits per heavy atom. The van der Waals surface area contributed by atoms with Gasteiger partial charge in [0.2, 0.25) is 0 Å². The molecule has 1 aromatic carbocycles. The van der Waals surface area contributed by atoms with Gasteiger partial charge in [0.1, 0.15) is 0 Å². The fourth-order valence-electron chi connectivity index (χ4n) is 2.62. The molecule has 1 aromatic heterocycles.